The van der Waals surface area contributed by atoms with Gasteiger partial charge in [0.25, 0.3) is 0 Å². The van der Waals surface area contributed by atoms with Gasteiger partial charge in [0, 0.05) is 13.1 Å². The van der Waals surface area contributed by atoms with Crippen LogP contribution in [0.4, 0.5) is 0 Å². The Morgan fingerprint density at radius 3 is 2.40 bits per heavy atom. The van der Waals surface area contributed by atoms with E-state index in [2.05, 4.69) is 17.6 Å². The molecule has 2 nitrogen and oxygen atoms in total. The van der Waals surface area contributed by atoms with Crippen molar-refractivity contribution in [3.63, 3.8) is 0 Å². The molecule has 15 heavy (non-hydrogen) atoms. The molecule has 0 atom stereocenters. The van der Waals surface area contributed by atoms with Gasteiger partial charge in [-0.3, -0.25) is 0 Å². The monoisotopic (exact) mass is 212 g/mol. The Hall–Kier alpha value is -0.0800. The van der Waals surface area contributed by atoms with Crippen molar-refractivity contribution in [1.29, 1.82) is 0 Å². The molecule has 2 heteroatoms. The Kier molecular flexibility index (Phi) is 7.94. The van der Waals surface area contributed by atoms with Crippen molar-refractivity contribution in [2.45, 2.75) is 51.9 Å². The molecule has 0 saturated heterocycles. The minimum Gasteiger partial charge on any atom is -0.316 e. The van der Waals surface area contributed by atoms with E-state index in [-0.39, 0.29) is 0 Å². The van der Waals surface area contributed by atoms with Gasteiger partial charge >= 0.3 is 0 Å². The van der Waals surface area contributed by atoms with Crippen LogP contribution in [0.5, 0.6) is 0 Å². The van der Waals surface area contributed by atoms with Crippen LogP contribution in [0.1, 0.15) is 51.9 Å². The molecule has 1 saturated carbocycles. The summed E-state index contributed by atoms with van der Waals surface area (Å²) in [6.07, 6.45) is 10.3. The van der Waals surface area contributed by atoms with E-state index in [1.54, 1.807) is 0 Å². The first-order chi connectivity index (χ1) is 7.43. The van der Waals surface area contributed by atoms with E-state index in [9.17, 15) is 0 Å². The number of hydrogen-bond acceptors (Lipinski definition) is 2. The summed E-state index contributed by atoms with van der Waals surface area (Å²) in [5.41, 5.74) is 0. The topological polar surface area (TPSA) is 24.1 Å². The molecule has 1 fully saturated rings. The Labute approximate surface area is 95.2 Å². The van der Waals surface area contributed by atoms with Gasteiger partial charge in [-0.1, -0.05) is 39.0 Å². The van der Waals surface area contributed by atoms with Crippen LogP contribution >= 0.6 is 0 Å². The largest absolute Gasteiger partial charge is 0.316 e. The maximum atomic E-state index is 3.50. The lowest BCUT2D eigenvalue weighted by Gasteiger charge is -2.21. The van der Waals surface area contributed by atoms with Crippen LogP contribution in [0.2, 0.25) is 0 Å². The number of rotatable bonds is 8. The molecule has 0 aromatic heterocycles. The van der Waals surface area contributed by atoms with Gasteiger partial charge in [0.1, 0.15) is 0 Å². The standard InChI is InChI=1S/C13H28N2/c1-2-14-11-12-15-10-6-9-13-7-4-3-5-8-13/h13-15H,2-12H2,1H3. The molecule has 0 radical (unpaired) electrons. The molecule has 0 aliphatic heterocycles. The lowest BCUT2D eigenvalue weighted by Crippen LogP contribution is -2.28. The van der Waals surface area contributed by atoms with Crippen LogP contribution in [0, 0.1) is 5.92 Å². The normalized spacial score (nSPS) is 18.2. The summed E-state index contributed by atoms with van der Waals surface area (Å²) in [5.74, 6) is 1.05. The fraction of sp³-hybridized carbons (Fsp3) is 1.00. The summed E-state index contributed by atoms with van der Waals surface area (Å²) >= 11 is 0. The molecule has 90 valence electrons. The van der Waals surface area contributed by atoms with E-state index >= 15 is 0 Å². The molecule has 1 aliphatic carbocycles. The summed E-state index contributed by atoms with van der Waals surface area (Å²) < 4.78 is 0. The molecule has 0 bridgehead atoms. The third-order valence-electron chi connectivity index (χ3n) is 3.42. The number of likely N-dealkylation sites (N-methyl/N-ethyl adjacent to an activating group) is 1. The second kappa shape index (κ2) is 9.17. The molecule has 0 amide bonds. The summed E-state index contributed by atoms with van der Waals surface area (Å²) in [4.78, 5) is 0. The summed E-state index contributed by atoms with van der Waals surface area (Å²) in [7, 11) is 0. The molecular formula is C13H28N2. The van der Waals surface area contributed by atoms with Gasteiger partial charge in [-0.15, -0.1) is 0 Å². The van der Waals surface area contributed by atoms with Crippen LogP contribution in [0.3, 0.4) is 0 Å². The van der Waals surface area contributed by atoms with Crippen molar-refractivity contribution >= 4 is 0 Å². The van der Waals surface area contributed by atoms with Gasteiger partial charge in [-0.25, -0.2) is 0 Å². The van der Waals surface area contributed by atoms with E-state index in [0.717, 1.165) is 25.6 Å². The third kappa shape index (κ3) is 6.91. The number of hydrogen-bond donors (Lipinski definition) is 2. The summed E-state index contributed by atoms with van der Waals surface area (Å²) in [6, 6.07) is 0. The van der Waals surface area contributed by atoms with Crippen LogP contribution in [0.25, 0.3) is 0 Å². The van der Waals surface area contributed by atoms with Gasteiger partial charge in [-0.2, -0.15) is 0 Å². The predicted octanol–water partition coefficient (Wildman–Crippen LogP) is 2.55. The highest BCUT2D eigenvalue weighted by atomic mass is 14.9. The molecule has 1 rings (SSSR count). The molecule has 1 aliphatic rings. The Morgan fingerprint density at radius 1 is 0.933 bits per heavy atom. The van der Waals surface area contributed by atoms with Crippen LogP contribution in [-0.4, -0.2) is 26.2 Å². The Balaban J connectivity index is 1.79. The lowest BCUT2D eigenvalue weighted by atomic mass is 9.86. The predicted molar refractivity (Wildman–Crippen MR) is 67.2 cm³/mol. The second-order valence-corrected chi connectivity index (χ2v) is 4.75. The van der Waals surface area contributed by atoms with Gasteiger partial charge in [0.2, 0.25) is 0 Å². The SMILES string of the molecule is CCNCCNCCCC1CCCCC1. The molecular weight excluding hydrogens is 184 g/mol. The smallest absolute Gasteiger partial charge is 0.00767 e. The molecule has 0 aromatic rings. The Bertz CT molecular complexity index is 130. The first kappa shape index (κ1) is 13.0. The number of nitrogens with one attached hydrogen (secondary N) is 2. The maximum absolute atomic E-state index is 3.50. The van der Waals surface area contributed by atoms with E-state index in [1.807, 2.05) is 0 Å². The molecule has 0 aromatic carbocycles. The van der Waals surface area contributed by atoms with E-state index in [4.69, 9.17) is 0 Å². The van der Waals surface area contributed by atoms with Gasteiger partial charge in [0.05, 0.1) is 0 Å². The zero-order valence-electron chi connectivity index (χ0n) is 10.4. The molecule has 0 spiro atoms. The molecule has 0 unspecified atom stereocenters. The minimum atomic E-state index is 1.05. The zero-order valence-corrected chi connectivity index (χ0v) is 10.4. The summed E-state index contributed by atoms with van der Waals surface area (Å²) in [6.45, 7) is 6.69. The fourth-order valence-corrected chi connectivity index (χ4v) is 2.47. The van der Waals surface area contributed by atoms with E-state index < -0.39 is 0 Å². The van der Waals surface area contributed by atoms with Crippen LogP contribution in [-0.2, 0) is 0 Å². The van der Waals surface area contributed by atoms with Crippen LogP contribution in [0.15, 0.2) is 0 Å². The maximum Gasteiger partial charge on any atom is 0.00767 e. The highest BCUT2D eigenvalue weighted by Crippen LogP contribution is 2.26. The van der Waals surface area contributed by atoms with Gasteiger partial charge in [-0.05, 0) is 31.8 Å². The zero-order chi connectivity index (χ0) is 10.8. The molecule has 0 heterocycles. The Morgan fingerprint density at radius 2 is 1.67 bits per heavy atom. The minimum absolute atomic E-state index is 1.05. The average molecular weight is 212 g/mol. The van der Waals surface area contributed by atoms with Crippen molar-refractivity contribution in [3.8, 4) is 0 Å². The highest BCUT2D eigenvalue weighted by Gasteiger charge is 2.12. The van der Waals surface area contributed by atoms with Gasteiger partial charge in [0.15, 0.2) is 0 Å². The summed E-state index contributed by atoms with van der Waals surface area (Å²) in [5, 5.41) is 6.82. The van der Waals surface area contributed by atoms with Crippen molar-refractivity contribution < 1.29 is 0 Å². The second-order valence-electron chi connectivity index (χ2n) is 4.75. The van der Waals surface area contributed by atoms with Crippen molar-refractivity contribution in [3.05, 3.63) is 0 Å². The third-order valence-corrected chi connectivity index (χ3v) is 3.42. The highest BCUT2D eigenvalue weighted by molar-refractivity contribution is 4.66. The van der Waals surface area contributed by atoms with Crippen LogP contribution < -0.4 is 10.6 Å². The fourth-order valence-electron chi connectivity index (χ4n) is 2.47. The molecule has 2 N–H and O–H groups in total. The van der Waals surface area contributed by atoms with Crippen molar-refractivity contribution in [2.75, 3.05) is 26.2 Å². The first-order valence-electron chi connectivity index (χ1n) is 6.85. The first-order valence-corrected chi connectivity index (χ1v) is 6.85. The van der Waals surface area contributed by atoms with Crippen molar-refractivity contribution in [1.82, 2.24) is 10.6 Å². The van der Waals surface area contributed by atoms with E-state index in [1.165, 1.54) is 51.5 Å². The van der Waals surface area contributed by atoms with Gasteiger partial charge < -0.3 is 10.6 Å². The van der Waals surface area contributed by atoms with E-state index in [0.29, 0.717) is 0 Å². The van der Waals surface area contributed by atoms with Crippen molar-refractivity contribution in [2.24, 2.45) is 5.92 Å². The lowest BCUT2D eigenvalue weighted by molar-refractivity contribution is 0.330. The average Bonchev–Trinajstić information content (AvgIpc) is 2.29. The quantitative estimate of drug-likeness (QED) is 0.604.